The zero-order chi connectivity index (χ0) is 27.2. The van der Waals surface area contributed by atoms with Gasteiger partial charge in [0, 0.05) is 43.2 Å². The average molecular weight is 535 g/mol. The molecule has 0 bridgehead atoms. The van der Waals surface area contributed by atoms with Gasteiger partial charge in [-0.05, 0) is 49.6 Å². The first-order chi connectivity index (χ1) is 19.5. The van der Waals surface area contributed by atoms with Gasteiger partial charge in [0.25, 0.3) is 0 Å². The Bertz CT molecular complexity index is 1780. The van der Waals surface area contributed by atoms with E-state index in [0.29, 0.717) is 46.3 Å². The van der Waals surface area contributed by atoms with Crippen molar-refractivity contribution in [1.82, 2.24) is 39.4 Å². The molecule has 0 saturated carbocycles. The summed E-state index contributed by atoms with van der Waals surface area (Å²) in [4.78, 5) is 38.9. The van der Waals surface area contributed by atoms with Gasteiger partial charge < -0.3 is 19.9 Å². The van der Waals surface area contributed by atoms with Crippen LogP contribution in [0.25, 0.3) is 16.7 Å². The molecule has 12 heteroatoms. The van der Waals surface area contributed by atoms with Gasteiger partial charge >= 0.3 is 0 Å². The quantitative estimate of drug-likeness (QED) is 0.322. The van der Waals surface area contributed by atoms with E-state index >= 15 is 0 Å². The number of rotatable bonds is 6. The first-order valence-corrected chi connectivity index (χ1v) is 13.1. The van der Waals surface area contributed by atoms with Gasteiger partial charge in [0.2, 0.25) is 11.9 Å². The van der Waals surface area contributed by atoms with Gasteiger partial charge in [0.1, 0.15) is 35.2 Å². The maximum absolute atomic E-state index is 12.4. The fraction of sp³-hybridized carbons (Fsp3) is 0.250. The molecular weight excluding hydrogens is 508 g/mol. The molecule has 0 spiro atoms. The van der Waals surface area contributed by atoms with Crippen LogP contribution < -0.4 is 15.0 Å². The van der Waals surface area contributed by atoms with E-state index in [1.807, 2.05) is 48.4 Å². The highest BCUT2D eigenvalue weighted by molar-refractivity contribution is 5.95. The predicted octanol–water partition coefficient (Wildman–Crippen LogP) is 3.67. The first-order valence-electron chi connectivity index (χ1n) is 13.1. The van der Waals surface area contributed by atoms with E-state index in [1.165, 1.54) is 12.7 Å². The lowest BCUT2D eigenvalue weighted by Crippen LogP contribution is -2.38. The van der Waals surface area contributed by atoms with Gasteiger partial charge in [-0.2, -0.15) is 5.10 Å². The molecule has 4 aromatic heterocycles. The molecule has 6 heterocycles. The number of amides is 1. The molecule has 0 radical (unpaired) electrons. The number of ether oxygens (including phenoxy) is 1. The smallest absolute Gasteiger partial charge is 0.249 e. The summed E-state index contributed by atoms with van der Waals surface area (Å²) < 4.78 is 7.78. The Morgan fingerprint density at radius 3 is 2.85 bits per heavy atom. The van der Waals surface area contributed by atoms with E-state index in [1.54, 1.807) is 10.7 Å². The van der Waals surface area contributed by atoms with E-state index in [9.17, 15) is 4.79 Å². The van der Waals surface area contributed by atoms with Crippen LogP contribution in [-0.2, 0) is 4.79 Å². The number of nitrogens with one attached hydrogen (secondary N) is 1. The van der Waals surface area contributed by atoms with Crippen LogP contribution in [0, 0.1) is 6.92 Å². The zero-order valence-corrected chi connectivity index (χ0v) is 21.9. The monoisotopic (exact) mass is 534 g/mol. The second-order valence-electron chi connectivity index (χ2n) is 10.00. The highest BCUT2D eigenvalue weighted by Gasteiger charge is 2.35. The van der Waals surface area contributed by atoms with Crippen molar-refractivity contribution in [3.05, 3.63) is 73.1 Å². The van der Waals surface area contributed by atoms with Crippen molar-refractivity contribution >= 4 is 40.0 Å². The third-order valence-electron chi connectivity index (χ3n) is 7.39. The number of hydrogen-bond acceptors (Lipinski definition) is 10. The topological polar surface area (TPSA) is 127 Å². The van der Waals surface area contributed by atoms with Crippen LogP contribution in [0.1, 0.15) is 18.4 Å². The van der Waals surface area contributed by atoms with Crippen LogP contribution in [0.15, 0.2) is 67.5 Å². The van der Waals surface area contributed by atoms with Crippen molar-refractivity contribution in [2.45, 2.75) is 25.8 Å². The summed E-state index contributed by atoms with van der Waals surface area (Å²) in [6.07, 6.45) is 8.14. The third-order valence-corrected chi connectivity index (χ3v) is 7.39. The number of aryl methyl sites for hydroxylation is 1. The van der Waals surface area contributed by atoms with Crippen LogP contribution in [-0.4, -0.2) is 71.0 Å². The molecule has 2 saturated heterocycles. The molecule has 7 rings (SSSR count). The second-order valence-corrected chi connectivity index (χ2v) is 10.00. The molecule has 5 aromatic rings. The molecular formula is C28H26N10O2. The maximum Gasteiger partial charge on any atom is 0.249 e. The van der Waals surface area contributed by atoms with Crippen LogP contribution in [0.4, 0.5) is 17.5 Å². The van der Waals surface area contributed by atoms with Crippen LogP contribution in [0.2, 0.25) is 0 Å². The molecule has 12 nitrogen and oxygen atoms in total. The number of benzene rings is 1. The Kier molecular flexibility index (Phi) is 5.72. The minimum atomic E-state index is 0.0641. The summed E-state index contributed by atoms with van der Waals surface area (Å²) >= 11 is 0. The molecule has 1 atom stereocenters. The van der Waals surface area contributed by atoms with Crippen molar-refractivity contribution in [2.75, 3.05) is 29.9 Å². The van der Waals surface area contributed by atoms with Gasteiger partial charge in [-0.1, -0.05) is 6.58 Å². The Morgan fingerprint density at radius 1 is 1.07 bits per heavy atom. The fourth-order valence-corrected chi connectivity index (χ4v) is 5.25. The summed E-state index contributed by atoms with van der Waals surface area (Å²) in [5, 5.41) is 7.49. The van der Waals surface area contributed by atoms with E-state index in [4.69, 9.17) is 9.72 Å². The number of aromatic nitrogens is 7. The molecule has 0 unspecified atom stereocenters. The predicted molar refractivity (Wildman–Crippen MR) is 149 cm³/mol. The summed E-state index contributed by atoms with van der Waals surface area (Å²) in [6, 6.07) is 9.66. The molecule has 1 amide bonds. The minimum absolute atomic E-state index is 0.0641. The average Bonchev–Trinajstić information content (AvgIpc) is 3.71. The highest BCUT2D eigenvalue weighted by Crippen LogP contribution is 2.31. The van der Waals surface area contributed by atoms with Gasteiger partial charge in [0.15, 0.2) is 11.5 Å². The van der Waals surface area contributed by atoms with E-state index in [-0.39, 0.29) is 11.9 Å². The van der Waals surface area contributed by atoms with Crippen LogP contribution >= 0.6 is 0 Å². The standard InChI is InChI=1S/C28H26N10O2/c1-17-5-9-37(27(17)39)20-6-8-36(14-20)28-29-13-22-25(35-28)26(32-15-30-22)34-19-3-4-23(18(2)11-19)40-21-7-10-38-24(12-21)31-16-33-38/h3-4,7,10-13,15-16,20H,1,5-6,8-9,14H2,2H3,(H,30,32,34)/t20-/m0/s1. The largest absolute Gasteiger partial charge is 0.457 e. The number of carbonyl (C=O) groups is 1. The van der Waals surface area contributed by atoms with E-state index in [0.717, 1.165) is 42.9 Å². The molecule has 200 valence electrons. The Labute approximate surface area is 229 Å². The summed E-state index contributed by atoms with van der Waals surface area (Å²) in [5.41, 5.74) is 4.46. The van der Waals surface area contributed by atoms with Gasteiger partial charge in [-0.3, -0.25) is 4.79 Å². The summed E-state index contributed by atoms with van der Waals surface area (Å²) in [6.45, 7) is 8.06. The number of carbonyl (C=O) groups excluding carboxylic acids is 1. The fourth-order valence-electron chi connectivity index (χ4n) is 5.25. The lowest BCUT2D eigenvalue weighted by molar-refractivity contribution is -0.126. The molecule has 0 aliphatic carbocycles. The normalized spacial score (nSPS) is 17.4. The van der Waals surface area contributed by atoms with Crippen LogP contribution in [0.3, 0.4) is 0 Å². The molecule has 2 aliphatic heterocycles. The molecule has 1 N–H and O–H groups in total. The van der Waals surface area contributed by atoms with Crippen LogP contribution in [0.5, 0.6) is 11.5 Å². The minimum Gasteiger partial charge on any atom is -0.457 e. The lowest BCUT2D eigenvalue weighted by Gasteiger charge is -2.24. The van der Waals surface area contributed by atoms with Crippen molar-refractivity contribution < 1.29 is 9.53 Å². The number of fused-ring (bicyclic) bond motifs is 2. The molecule has 2 fully saturated rings. The molecule has 1 aromatic carbocycles. The lowest BCUT2D eigenvalue weighted by atomic mass is 10.2. The van der Waals surface area contributed by atoms with Gasteiger partial charge in [-0.15, -0.1) is 0 Å². The number of nitrogens with zero attached hydrogens (tertiary/aromatic N) is 9. The van der Waals surface area contributed by atoms with E-state index in [2.05, 4.69) is 41.8 Å². The van der Waals surface area contributed by atoms with Gasteiger partial charge in [0.05, 0.1) is 12.2 Å². The number of pyridine rings is 1. The maximum atomic E-state index is 12.4. The number of likely N-dealkylation sites (tertiary alicyclic amines) is 1. The Morgan fingerprint density at radius 2 is 2.00 bits per heavy atom. The molecule has 2 aliphatic rings. The summed E-state index contributed by atoms with van der Waals surface area (Å²) in [7, 11) is 0. The second kappa shape index (κ2) is 9.56. The van der Waals surface area contributed by atoms with Crippen molar-refractivity contribution in [3.8, 4) is 11.5 Å². The highest BCUT2D eigenvalue weighted by atomic mass is 16.5. The van der Waals surface area contributed by atoms with Crippen molar-refractivity contribution in [2.24, 2.45) is 0 Å². The molecule has 40 heavy (non-hydrogen) atoms. The number of anilines is 3. The van der Waals surface area contributed by atoms with Crippen molar-refractivity contribution in [3.63, 3.8) is 0 Å². The van der Waals surface area contributed by atoms with Gasteiger partial charge in [-0.25, -0.2) is 29.4 Å². The Balaban J connectivity index is 1.10. The summed E-state index contributed by atoms with van der Waals surface area (Å²) in [5.74, 6) is 2.66. The number of hydrogen-bond donors (Lipinski definition) is 1. The Hall–Kier alpha value is -5.13. The first kappa shape index (κ1) is 23.9. The SMILES string of the molecule is C=C1CCN([C@H]2CCN(c3ncc4ncnc(Nc5ccc(Oc6ccn7ncnc7c6)c(C)c5)c4n3)C2)C1=O. The zero-order valence-electron chi connectivity index (χ0n) is 21.9. The van der Waals surface area contributed by atoms with Crippen molar-refractivity contribution in [1.29, 1.82) is 0 Å². The van der Waals surface area contributed by atoms with E-state index < -0.39 is 0 Å². The third kappa shape index (κ3) is 4.32.